The lowest BCUT2D eigenvalue weighted by Crippen LogP contribution is -1.98. The van der Waals surface area contributed by atoms with Gasteiger partial charge >= 0.3 is 5.97 Å². The molecule has 21 heavy (non-hydrogen) atoms. The zero-order valence-corrected chi connectivity index (χ0v) is 11.1. The number of rotatable bonds is 1. The van der Waals surface area contributed by atoms with Crippen LogP contribution in [0.5, 0.6) is 0 Å². The molecule has 0 saturated carbocycles. The minimum absolute atomic E-state index is 0.315. The molecule has 0 saturated heterocycles. The van der Waals surface area contributed by atoms with Gasteiger partial charge in [-0.2, -0.15) is 0 Å². The molecule has 0 unspecified atom stereocenters. The first-order valence-electron chi connectivity index (χ1n) is 6.68. The van der Waals surface area contributed by atoms with Gasteiger partial charge in [0.05, 0.1) is 16.6 Å². The predicted octanol–water partition coefficient (Wildman–Crippen LogP) is 4.24. The van der Waals surface area contributed by atoms with Crippen molar-refractivity contribution in [3.05, 3.63) is 66.2 Å². The number of carboxylic acid groups (broad SMARTS) is 1. The fraction of sp³-hybridized carbons (Fsp3) is 0. The van der Waals surface area contributed by atoms with Gasteiger partial charge in [0, 0.05) is 16.2 Å². The van der Waals surface area contributed by atoms with Crippen LogP contribution in [-0.2, 0) is 0 Å². The minimum atomic E-state index is -0.916. The minimum Gasteiger partial charge on any atom is -0.478 e. The molecule has 1 aromatic heterocycles. The standard InChI is InChI=1S/C18H11NO2/c20-18(21)13-6-3-5-11-8-9-16-14(17(11)13)10-12-4-1-2-7-15(12)19-16/h1-10H,(H,20,21). The molecular weight excluding hydrogens is 262 g/mol. The molecule has 0 spiro atoms. The molecule has 3 aromatic carbocycles. The average molecular weight is 273 g/mol. The Balaban J connectivity index is 2.26. The summed E-state index contributed by atoms with van der Waals surface area (Å²) >= 11 is 0. The zero-order valence-electron chi connectivity index (χ0n) is 11.1. The van der Waals surface area contributed by atoms with Crippen molar-refractivity contribution in [2.75, 3.05) is 0 Å². The first-order valence-corrected chi connectivity index (χ1v) is 6.68. The molecule has 1 N–H and O–H groups in total. The molecule has 0 radical (unpaired) electrons. The Morgan fingerprint density at radius 3 is 2.52 bits per heavy atom. The summed E-state index contributed by atoms with van der Waals surface area (Å²) in [6.07, 6.45) is 0. The van der Waals surface area contributed by atoms with Crippen molar-refractivity contribution in [2.45, 2.75) is 0 Å². The van der Waals surface area contributed by atoms with Crippen LogP contribution in [0, 0.1) is 0 Å². The number of fused-ring (bicyclic) bond motifs is 4. The number of carboxylic acids is 1. The van der Waals surface area contributed by atoms with Crippen molar-refractivity contribution in [1.29, 1.82) is 0 Å². The van der Waals surface area contributed by atoms with Gasteiger partial charge < -0.3 is 5.11 Å². The normalized spacial score (nSPS) is 11.2. The maximum absolute atomic E-state index is 11.5. The number of hydrogen-bond acceptors (Lipinski definition) is 2. The molecule has 0 aliphatic rings. The van der Waals surface area contributed by atoms with E-state index >= 15 is 0 Å². The van der Waals surface area contributed by atoms with E-state index in [1.54, 1.807) is 12.1 Å². The lowest BCUT2D eigenvalue weighted by atomic mass is 9.99. The second kappa shape index (κ2) is 4.28. The number of carbonyl (C=O) groups is 1. The van der Waals surface area contributed by atoms with E-state index in [0.717, 1.165) is 32.6 Å². The van der Waals surface area contributed by atoms with Crippen LogP contribution in [0.25, 0.3) is 32.6 Å². The smallest absolute Gasteiger partial charge is 0.336 e. The highest BCUT2D eigenvalue weighted by molar-refractivity contribution is 6.17. The Morgan fingerprint density at radius 2 is 1.67 bits per heavy atom. The van der Waals surface area contributed by atoms with E-state index in [4.69, 9.17) is 0 Å². The molecule has 3 heteroatoms. The fourth-order valence-corrected chi connectivity index (χ4v) is 2.81. The fourth-order valence-electron chi connectivity index (χ4n) is 2.81. The number of hydrogen-bond donors (Lipinski definition) is 1. The van der Waals surface area contributed by atoms with Gasteiger partial charge in [-0.15, -0.1) is 0 Å². The summed E-state index contributed by atoms with van der Waals surface area (Å²) in [7, 11) is 0. The van der Waals surface area contributed by atoms with E-state index < -0.39 is 5.97 Å². The van der Waals surface area contributed by atoms with Gasteiger partial charge in [-0.3, -0.25) is 0 Å². The van der Waals surface area contributed by atoms with Crippen LogP contribution < -0.4 is 0 Å². The van der Waals surface area contributed by atoms with Gasteiger partial charge in [0.25, 0.3) is 0 Å². The average Bonchev–Trinajstić information content (AvgIpc) is 2.52. The van der Waals surface area contributed by atoms with E-state index in [1.165, 1.54) is 0 Å². The van der Waals surface area contributed by atoms with Crippen molar-refractivity contribution in [3.63, 3.8) is 0 Å². The molecule has 4 aromatic rings. The number of benzene rings is 3. The van der Waals surface area contributed by atoms with Gasteiger partial charge in [-0.25, -0.2) is 9.78 Å². The molecule has 0 amide bonds. The van der Waals surface area contributed by atoms with Crippen LogP contribution >= 0.6 is 0 Å². The lowest BCUT2D eigenvalue weighted by molar-refractivity contribution is 0.0699. The third kappa shape index (κ3) is 1.75. The van der Waals surface area contributed by atoms with E-state index in [1.807, 2.05) is 48.5 Å². The zero-order chi connectivity index (χ0) is 14.4. The molecule has 3 nitrogen and oxygen atoms in total. The quantitative estimate of drug-likeness (QED) is 0.417. The maximum atomic E-state index is 11.5. The SMILES string of the molecule is O=C(O)c1cccc2ccc3nc4ccccc4cc3c12. The van der Waals surface area contributed by atoms with Crippen LogP contribution in [0.4, 0.5) is 0 Å². The Bertz CT molecular complexity index is 1020. The molecule has 1 heterocycles. The van der Waals surface area contributed by atoms with E-state index in [9.17, 15) is 9.90 Å². The molecular formula is C18H11NO2. The molecule has 0 aliphatic carbocycles. The summed E-state index contributed by atoms with van der Waals surface area (Å²) < 4.78 is 0. The maximum Gasteiger partial charge on any atom is 0.336 e. The van der Waals surface area contributed by atoms with Crippen molar-refractivity contribution >= 4 is 38.5 Å². The largest absolute Gasteiger partial charge is 0.478 e. The molecule has 100 valence electrons. The molecule has 0 aliphatic heterocycles. The van der Waals surface area contributed by atoms with Crippen molar-refractivity contribution < 1.29 is 9.90 Å². The molecule has 0 atom stereocenters. The van der Waals surface area contributed by atoms with Crippen molar-refractivity contribution in [2.24, 2.45) is 0 Å². The summed E-state index contributed by atoms with van der Waals surface area (Å²) in [5.74, 6) is -0.916. The molecule has 4 rings (SSSR count). The lowest BCUT2D eigenvalue weighted by Gasteiger charge is -2.08. The third-order valence-electron chi connectivity index (χ3n) is 3.77. The van der Waals surface area contributed by atoms with E-state index in [-0.39, 0.29) is 0 Å². The number of para-hydroxylation sites is 1. The summed E-state index contributed by atoms with van der Waals surface area (Å²) in [5.41, 5.74) is 2.04. The highest BCUT2D eigenvalue weighted by Crippen LogP contribution is 2.29. The van der Waals surface area contributed by atoms with Crippen LogP contribution in [0.2, 0.25) is 0 Å². The number of nitrogens with zero attached hydrogens (tertiary/aromatic N) is 1. The first-order chi connectivity index (χ1) is 10.2. The molecule has 0 fully saturated rings. The van der Waals surface area contributed by atoms with E-state index in [0.29, 0.717) is 5.56 Å². The van der Waals surface area contributed by atoms with Gasteiger partial charge in [0.15, 0.2) is 0 Å². The molecule has 0 bridgehead atoms. The second-order valence-electron chi connectivity index (χ2n) is 5.02. The van der Waals surface area contributed by atoms with Gasteiger partial charge in [0.1, 0.15) is 0 Å². The Labute approximate surface area is 120 Å². The number of aromatic nitrogens is 1. The van der Waals surface area contributed by atoms with Crippen molar-refractivity contribution in [1.82, 2.24) is 4.98 Å². The van der Waals surface area contributed by atoms with E-state index in [2.05, 4.69) is 4.98 Å². The summed E-state index contributed by atoms with van der Waals surface area (Å²) in [5, 5.41) is 13.0. The first kappa shape index (κ1) is 11.9. The Hall–Kier alpha value is -2.94. The van der Waals surface area contributed by atoms with Crippen LogP contribution in [0.3, 0.4) is 0 Å². The number of aromatic carboxylic acids is 1. The monoisotopic (exact) mass is 273 g/mol. The summed E-state index contributed by atoms with van der Waals surface area (Å²) in [6, 6.07) is 19.1. The van der Waals surface area contributed by atoms with Gasteiger partial charge in [0.2, 0.25) is 0 Å². The van der Waals surface area contributed by atoms with Gasteiger partial charge in [-0.1, -0.05) is 36.4 Å². The Morgan fingerprint density at radius 1 is 0.857 bits per heavy atom. The van der Waals surface area contributed by atoms with Gasteiger partial charge in [-0.05, 0) is 29.7 Å². The van der Waals surface area contributed by atoms with Crippen LogP contribution in [-0.4, -0.2) is 16.1 Å². The highest BCUT2D eigenvalue weighted by atomic mass is 16.4. The number of pyridine rings is 1. The topological polar surface area (TPSA) is 50.2 Å². The van der Waals surface area contributed by atoms with Crippen molar-refractivity contribution in [3.8, 4) is 0 Å². The highest BCUT2D eigenvalue weighted by Gasteiger charge is 2.12. The predicted molar refractivity (Wildman–Crippen MR) is 83.7 cm³/mol. The summed E-state index contributed by atoms with van der Waals surface area (Å²) in [6.45, 7) is 0. The van der Waals surface area contributed by atoms with Crippen LogP contribution in [0.15, 0.2) is 60.7 Å². The van der Waals surface area contributed by atoms with Crippen LogP contribution in [0.1, 0.15) is 10.4 Å². The third-order valence-corrected chi connectivity index (χ3v) is 3.77. The second-order valence-corrected chi connectivity index (χ2v) is 5.02. The Kier molecular flexibility index (Phi) is 2.42. The summed E-state index contributed by atoms with van der Waals surface area (Å²) in [4.78, 5) is 16.1.